The number of ketones is 1. The summed E-state index contributed by atoms with van der Waals surface area (Å²) in [5, 5.41) is 20.4. The Hall–Kier alpha value is -1.79. The number of fused-ring (bicyclic) bond motifs is 6. The molecule has 0 amide bonds. The maximum atomic E-state index is 13.6. The van der Waals surface area contributed by atoms with Gasteiger partial charge in [-0.05, 0) is 111 Å². The molecule has 6 rings (SSSR count). The Labute approximate surface area is 215 Å². The molecule has 6 heteroatoms. The summed E-state index contributed by atoms with van der Waals surface area (Å²) < 4.78 is 5.68. The quantitative estimate of drug-likeness (QED) is 0.581. The van der Waals surface area contributed by atoms with Gasteiger partial charge in [-0.1, -0.05) is 26.0 Å². The van der Waals surface area contributed by atoms with Crippen LogP contribution in [0.4, 0.5) is 0 Å². The monoisotopic (exact) mass is 493 g/mol. The van der Waals surface area contributed by atoms with Crippen molar-refractivity contribution in [2.24, 2.45) is 40.4 Å². The zero-order valence-electron chi connectivity index (χ0n) is 22.3. The number of carbonyl (C=O) groups is 1. The Balaban J connectivity index is 1.16. The molecule has 4 aliphatic carbocycles. The number of carbonyl (C=O) groups excluding carboxylic acids is 1. The highest BCUT2D eigenvalue weighted by atomic mass is 16.5. The first-order valence-corrected chi connectivity index (χ1v) is 14.4. The summed E-state index contributed by atoms with van der Waals surface area (Å²) in [5.41, 5.74) is 1.36. The Morgan fingerprint density at radius 2 is 1.69 bits per heavy atom. The molecule has 1 aromatic heterocycles. The van der Waals surface area contributed by atoms with Gasteiger partial charge in [0.25, 0.3) is 0 Å². The Bertz CT molecular complexity index is 1100. The second-order valence-electron chi connectivity index (χ2n) is 13.2. The van der Waals surface area contributed by atoms with Gasteiger partial charge in [-0.25, -0.2) is 0 Å². The number of hydrogen-bond donors (Lipinski definition) is 1. The van der Waals surface area contributed by atoms with Crippen LogP contribution in [0.5, 0.6) is 0 Å². The minimum atomic E-state index is -0.659. The molecule has 4 fully saturated rings. The molecule has 0 bridgehead atoms. The number of nitrogens with zero attached hydrogens (tertiary/aromatic N) is 3. The van der Waals surface area contributed by atoms with Gasteiger partial charge < -0.3 is 9.84 Å². The lowest BCUT2D eigenvalue weighted by Crippen LogP contribution is -2.56. The number of Topliss-reactive ketones (excluding diaryl/α,β-unsaturated/α-hetero) is 1. The number of benzene rings is 1. The van der Waals surface area contributed by atoms with Gasteiger partial charge in [0.05, 0.1) is 12.2 Å². The van der Waals surface area contributed by atoms with Crippen LogP contribution in [-0.2, 0) is 16.1 Å². The average Bonchev–Trinajstić information content (AvgIpc) is 3.42. The molecule has 196 valence electrons. The van der Waals surface area contributed by atoms with Crippen molar-refractivity contribution in [2.45, 2.75) is 90.7 Å². The summed E-state index contributed by atoms with van der Waals surface area (Å²) in [7, 11) is 0. The molecule has 2 aromatic rings. The molecule has 0 unspecified atom stereocenters. The maximum absolute atomic E-state index is 13.6. The van der Waals surface area contributed by atoms with Crippen LogP contribution in [0.25, 0.3) is 11.0 Å². The van der Waals surface area contributed by atoms with Crippen LogP contribution in [0.15, 0.2) is 24.3 Å². The van der Waals surface area contributed by atoms with E-state index in [1.54, 1.807) is 4.80 Å². The SMILES string of the molecule is CCOC[C@@]1(O)CC[C@@H]2[C@H]3CC[C@]4(C)[C@@H](C(=O)Cn5nc6ccccc6n5)CC[C@H]4[C@@H]3CC[C@@]2(C)C1. The zero-order chi connectivity index (χ0) is 25.1. The van der Waals surface area contributed by atoms with Gasteiger partial charge in [-0.2, -0.15) is 15.0 Å². The molecule has 1 heterocycles. The summed E-state index contributed by atoms with van der Waals surface area (Å²) in [6, 6.07) is 7.84. The van der Waals surface area contributed by atoms with Crippen LogP contribution in [0.1, 0.15) is 78.6 Å². The summed E-state index contributed by atoms with van der Waals surface area (Å²) in [5.74, 6) is 3.24. The van der Waals surface area contributed by atoms with Crippen LogP contribution in [0, 0.1) is 40.4 Å². The summed E-state index contributed by atoms with van der Waals surface area (Å²) >= 11 is 0. The van der Waals surface area contributed by atoms with E-state index in [0.717, 1.165) is 55.0 Å². The maximum Gasteiger partial charge on any atom is 0.159 e. The van der Waals surface area contributed by atoms with Gasteiger partial charge >= 0.3 is 0 Å². The number of ether oxygens (including phenoxy) is 1. The number of aromatic nitrogens is 3. The fourth-order valence-electron chi connectivity index (χ4n) is 9.65. The lowest BCUT2D eigenvalue weighted by atomic mass is 9.45. The molecule has 0 radical (unpaired) electrons. The third-order valence-electron chi connectivity index (χ3n) is 11.2. The topological polar surface area (TPSA) is 77.2 Å². The molecular formula is C30H43N3O3. The van der Waals surface area contributed by atoms with Crippen LogP contribution >= 0.6 is 0 Å². The van der Waals surface area contributed by atoms with E-state index < -0.39 is 5.60 Å². The fourth-order valence-corrected chi connectivity index (χ4v) is 9.65. The van der Waals surface area contributed by atoms with E-state index in [9.17, 15) is 9.90 Å². The summed E-state index contributed by atoms with van der Waals surface area (Å²) in [4.78, 5) is 15.2. The molecule has 6 nitrogen and oxygen atoms in total. The van der Waals surface area contributed by atoms with Crippen LogP contribution in [-0.4, -0.2) is 44.7 Å². The zero-order valence-corrected chi connectivity index (χ0v) is 22.3. The van der Waals surface area contributed by atoms with Crippen molar-refractivity contribution in [1.29, 1.82) is 0 Å². The molecule has 36 heavy (non-hydrogen) atoms. The smallest absolute Gasteiger partial charge is 0.159 e. The van der Waals surface area contributed by atoms with E-state index in [2.05, 4.69) is 24.0 Å². The molecule has 4 saturated carbocycles. The van der Waals surface area contributed by atoms with E-state index in [1.165, 1.54) is 25.7 Å². The van der Waals surface area contributed by atoms with E-state index >= 15 is 0 Å². The van der Waals surface area contributed by atoms with Crippen LogP contribution in [0.3, 0.4) is 0 Å². The second-order valence-corrected chi connectivity index (χ2v) is 13.2. The molecule has 8 atom stereocenters. The van der Waals surface area contributed by atoms with Gasteiger partial charge in [0.15, 0.2) is 5.78 Å². The highest BCUT2D eigenvalue weighted by Crippen LogP contribution is 2.67. The third-order valence-corrected chi connectivity index (χ3v) is 11.2. The molecule has 1 N–H and O–H groups in total. The van der Waals surface area contributed by atoms with E-state index in [4.69, 9.17) is 4.74 Å². The van der Waals surface area contributed by atoms with E-state index in [1.807, 2.05) is 31.2 Å². The van der Waals surface area contributed by atoms with Crippen molar-refractivity contribution in [3.05, 3.63) is 24.3 Å². The minimum Gasteiger partial charge on any atom is -0.387 e. The third kappa shape index (κ3) is 3.94. The molecule has 0 saturated heterocycles. The normalized spacial score (nSPS) is 42.1. The lowest BCUT2D eigenvalue weighted by Gasteiger charge is -2.61. The second kappa shape index (κ2) is 8.90. The Kier molecular flexibility index (Phi) is 6.07. The van der Waals surface area contributed by atoms with Gasteiger partial charge in [0, 0.05) is 12.5 Å². The van der Waals surface area contributed by atoms with Gasteiger partial charge in [0.2, 0.25) is 0 Å². The highest BCUT2D eigenvalue weighted by Gasteiger charge is 2.61. The fraction of sp³-hybridized carbons (Fsp3) is 0.767. The lowest BCUT2D eigenvalue weighted by molar-refractivity contribution is -0.162. The average molecular weight is 494 g/mol. The minimum absolute atomic E-state index is 0.100. The van der Waals surface area contributed by atoms with E-state index in [-0.39, 0.29) is 23.3 Å². The first kappa shape index (κ1) is 24.5. The first-order chi connectivity index (χ1) is 17.2. The van der Waals surface area contributed by atoms with Crippen molar-refractivity contribution in [3.63, 3.8) is 0 Å². The highest BCUT2D eigenvalue weighted by molar-refractivity contribution is 5.82. The summed E-state index contributed by atoms with van der Waals surface area (Å²) in [6.07, 6.45) is 9.88. The Morgan fingerprint density at radius 3 is 2.42 bits per heavy atom. The largest absolute Gasteiger partial charge is 0.387 e. The number of rotatable bonds is 6. The van der Waals surface area contributed by atoms with Crippen molar-refractivity contribution in [3.8, 4) is 0 Å². The summed E-state index contributed by atoms with van der Waals surface area (Å²) in [6.45, 7) is 8.31. The van der Waals surface area contributed by atoms with Crippen molar-refractivity contribution in [2.75, 3.05) is 13.2 Å². The van der Waals surface area contributed by atoms with Gasteiger partial charge in [0.1, 0.15) is 17.6 Å². The first-order valence-electron chi connectivity index (χ1n) is 14.4. The van der Waals surface area contributed by atoms with Gasteiger partial charge in [-0.15, -0.1) is 0 Å². The molecular weight excluding hydrogens is 450 g/mol. The standard InChI is InChI=1S/C30H43N3O3/c1-4-36-19-30(35)16-13-22-20-12-15-29(3)23(21(20)11-14-28(22,2)18-30)9-10-24(29)27(34)17-33-31-25-7-5-6-8-26(25)32-33/h5-8,20-24,35H,4,9-19H2,1-3H3/t20-,21+,22+,23-,24+,28-,29-,30+/m0/s1. The number of hydrogen-bond acceptors (Lipinski definition) is 5. The molecule has 4 aliphatic rings. The predicted molar refractivity (Wildman–Crippen MR) is 139 cm³/mol. The van der Waals surface area contributed by atoms with Crippen molar-refractivity contribution in [1.82, 2.24) is 15.0 Å². The van der Waals surface area contributed by atoms with Crippen molar-refractivity contribution < 1.29 is 14.6 Å². The van der Waals surface area contributed by atoms with Gasteiger partial charge in [-0.3, -0.25) is 4.79 Å². The Morgan fingerprint density at radius 1 is 1.00 bits per heavy atom. The molecule has 0 spiro atoms. The molecule has 1 aromatic carbocycles. The predicted octanol–water partition coefficient (Wildman–Crippen LogP) is 5.43. The van der Waals surface area contributed by atoms with Crippen molar-refractivity contribution >= 4 is 16.8 Å². The van der Waals surface area contributed by atoms with E-state index in [0.29, 0.717) is 30.8 Å². The molecule has 0 aliphatic heterocycles. The number of aliphatic hydroxyl groups is 1. The van der Waals surface area contributed by atoms with Crippen LogP contribution in [0.2, 0.25) is 0 Å². The van der Waals surface area contributed by atoms with Crippen LogP contribution < -0.4 is 0 Å².